The minimum Gasteiger partial charge on any atom is -0.342 e. The molecule has 2 N–H and O–H groups in total. The number of carbonyl (C=O) groups excluding carboxylic acids is 1. The van der Waals surface area contributed by atoms with Crippen molar-refractivity contribution in [3.8, 4) is 0 Å². The lowest BCUT2D eigenvalue weighted by molar-refractivity contribution is -0.117. The minimum absolute atomic E-state index is 0.0384. The van der Waals surface area contributed by atoms with Gasteiger partial charge in [-0.15, -0.1) is 0 Å². The van der Waals surface area contributed by atoms with Crippen LogP contribution >= 0.6 is 0 Å². The molecule has 1 saturated heterocycles. The number of aromatic nitrogens is 2. The third-order valence-electron chi connectivity index (χ3n) is 4.72. The highest BCUT2D eigenvalue weighted by Gasteiger charge is 2.25. The standard InChI is InChI=1S/C20H22N4O/c25-19(21-16-8-2-1-3-9-16)14-24-12-6-7-15(13-24)20-22-17-10-4-5-11-18(17)23-20/h1-5,8-11,15H,6-7,12-14H2,(H,21,25)(H,22,23). The van der Waals surface area contributed by atoms with Crippen LogP contribution in [0.3, 0.4) is 0 Å². The van der Waals surface area contributed by atoms with Gasteiger partial charge in [0.05, 0.1) is 17.6 Å². The number of benzene rings is 2. The molecule has 1 amide bonds. The highest BCUT2D eigenvalue weighted by atomic mass is 16.2. The molecule has 1 aliphatic rings. The third kappa shape index (κ3) is 3.72. The molecule has 5 nitrogen and oxygen atoms in total. The predicted molar refractivity (Wildman–Crippen MR) is 99.6 cm³/mol. The van der Waals surface area contributed by atoms with Crippen LogP contribution in [0, 0.1) is 0 Å². The second-order valence-electron chi connectivity index (χ2n) is 6.63. The Morgan fingerprint density at radius 1 is 1.16 bits per heavy atom. The first kappa shape index (κ1) is 15.8. The van der Waals surface area contributed by atoms with Crippen LogP contribution in [0.5, 0.6) is 0 Å². The number of nitrogens with zero attached hydrogens (tertiary/aromatic N) is 2. The van der Waals surface area contributed by atoms with Crippen LogP contribution in [-0.4, -0.2) is 40.4 Å². The van der Waals surface area contributed by atoms with Gasteiger partial charge in [-0.1, -0.05) is 30.3 Å². The molecule has 5 heteroatoms. The van der Waals surface area contributed by atoms with E-state index in [0.29, 0.717) is 12.5 Å². The van der Waals surface area contributed by atoms with Gasteiger partial charge < -0.3 is 10.3 Å². The number of hydrogen-bond donors (Lipinski definition) is 2. The molecule has 0 aliphatic carbocycles. The van der Waals surface area contributed by atoms with Crippen molar-refractivity contribution < 1.29 is 4.79 Å². The van der Waals surface area contributed by atoms with E-state index in [1.165, 1.54) is 0 Å². The van der Waals surface area contributed by atoms with Gasteiger partial charge >= 0.3 is 0 Å². The van der Waals surface area contributed by atoms with Crippen molar-refractivity contribution in [3.05, 3.63) is 60.4 Å². The van der Waals surface area contributed by atoms with Crippen molar-refractivity contribution in [2.45, 2.75) is 18.8 Å². The van der Waals surface area contributed by atoms with E-state index in [1.807, 2.05) is 48.5 Å². The molecule has 2 heterocycles. The monoisotopic (exact) mass is 334 g/mol. The number of H-pyrrole nitrogens is 1. The summed E-state index contributed by atoms with van der Waals surface area (Å²) in [6.07, 6.45) is 2.19. The van der Waals surface area contributed by atoms with Crippen LogP contribution in [0.15, 0.2) is 54.6 Å². The number of para-hydroxylation sites is 3. The Kier molecular flexibility index (Phi) is 4.48. The van der Waals surface area contributed by atoms with Gasteiger partial charge in [-0.05, 0) is 43.7 Å². The van der Waals surface area contributed by atoms with E-state index in [0.717, 1.165) is 48.5 Å². The van der Waals surface area contributed by atoms with Crippen molar-refractivity contribution in [1.29, 1.82) is 0 Å². The second-order valence-corrected chi connectivity index (χ2v) is 6.63. The summed E-state index contributed by atoms with van der Waals surface area (Å²) in [4.78, 5) is 22.7. The Labute approximate surface area is 147 Å². The topological polar surface area (TPSA) is 61.0 Å². The van der Waals surface area contributed by atoms with Crippen molar-refractivity contribution in [2.75, 3.05) is 25.0 Å². The van der Waals surface area contributed by atoms with E-state index in [9.17, 15) is 4.79 Å². The summed E-state index contributed by atoms with van der Waals surface area (Å²) in [5.74, 6) is 1.43. The van der Waals surface area contributed by atoms with Crippen LogP contribution in [-0.2, 0) is 4.79 Å². The fourth-order valence-electron chi connectivity index (χ4n) is 3.51. The highest BCUT2D eigenvalue weighted by Crippen LogP contribution is 2.26. The quantitative estimate of drug-likeness (QED) is 0.769. The second kappa shape index (κ2) is 7.07. The smallest absolute Gasteiger partial charge is 0.238 e. The molecule has 0 spiro atoms. The van der Waals surface area contributed by atoms with Crippen LogP contribution in [0.25, 0.3) is 11.0 Å². The zero-order chi connectivity index (χ0) is 17.1. The van der Waals surface area contributed by atoms with E-state index in [4.69, 9.17) is 4.98 Å². The summed E-state index contributed by atoms with van der Waals surface area (Å²) in [6, 6.07) is 17.7. The lowest BCUT2D eigenvalue weighted by Crippen LogP contribution is -2.40. The van der Waals surface area contributed by atoms with Crippen LogP contribution in [0.2, 0.25) is 0 Å². The van der Waals surface area contributed by atoms with Gasteiger partial charge in [0.1, 0.15) is 5.82 Å². The fraction of sp³-hybridized carbons (Fsp3) is 0.300. The summed E-state index contributed by atoms with van der Waals surface area (Å²) in [5, 5.41) is 2.96. The number of likely N-dealkylation sites (tertiary alicyclic amines) is 1. The summed E-state index contributed by atoms with van der Waals surface area (Å²) in [5.41, 5.74) is 2.94. The fourth-order valence-corrected chi connectivity index (χ4v) is 3.51. The Balaban J connectivity index is 1.39. The maximum absolute atomic E-state index is 12.3. The van der Waals surface area contributed by atoms with Crippen LogP contribution < -0.4 is 5.32 Å². The minimum atomic E-state index is 0.0384. The first-order chi connectivity index (χ1) is 12.3. The van der Waals surface area contributed by atoms with Crippen molar-refractivity contribution in [3.63, 3.8) is 0 Å². The molecule has 1 fully saturated rings. The average molecular weight is 334 g/mol. The number of carbonyl (C=O) groups is 1. The number of nitrogens with one attached hydrogen (secondary N) is 2. The number of imidazole rings is 1. The predicted octanol–water partition coefficient (Wildman–Crippen LogP) is 3.38. The maximum atomic E-state index is 12.3. The number of fused-ring (bicyclic) bond motifs is 1. The molecule has 1 aromatic heterocycles. The molecule has 0 radical (unpaired) electrons. The zero-order valence-electron chi connectivity index (χ0n) is 14.1. The number of anilines is 1. The Hall–Kier alpha value is -2.66. The average Bonchev–Trinajstić information content (AvgIpc) is 3.07. The summed E-state index contributed by atoms with van der Waals surface area (Å²) in [6.45, 7) is 2.24. The third-order valence-corrected chi connectivity index (χ3v) is 4.72. The molecular weight excluding hydrogens is 312 g/mol. The first-order valence-electron chi connectivity index (χ1n) is 8.80. The molecular formula is C20H22N4O. The van der Waals surface area contributed by atoms with Crippen molar-refractivity contribution in [2.24, 2.45) is 0 Å². The number of piperidine rings is 1. The van der Waals surface area contributed by atoms with E-state index in [2.05, 4.69) is 21.3 Å². The summed E-state index contributed by atoms with van der Waals surface area (Å²) in [7, 11) is 0. The molecule has 3 aromatic rings. The van der Waals surface area contributed by atoms with Crippen LogP contribution in [0.4, 0.5) is 5.69 Å². The molecule has 0 bridgehead atoms. The SMILES string of the molecule is O=C(CN1CCCC(c2nc3ccccc3[nH]2)C1)Nc1ccccc1. The Morgan fingerprint density at radius 3 is 2.80 bits per heavy atom. The van der Waals surface area contributed by atoms with E-state index in [1.54, 1.807) is 0 Å². The number of amides is 1. The maximum Gasteiger partial charge on any atom is 0.238 e. The first-order valence-corrected chi connectivity index (χ1v) is 8.80. The molecule has 1 atom stereocenters. The van der Waals surface area contributed by atoms with Gasteiger partial charge in [-0.25, -0.2) is 4.98 Å². The Morgan fingerprint density at radius 2 is 1.96 bits per heavy atom. The van der Waals surface area contributed by atoms with Crippen molar-refractivity contribution in [1.82, 2.24) is 14.9 Å². The number of hydrogen-bond acceptors (Lipinski definition) is 3. The molecule has 2 aromatic carbocycles. The highest BCUT2D eigenvalue weighted by molar-refractivity contribution is 5.92. The molecule has 4 rings (SSSR count). The normalized spacial score (nSPS) is 18.3. The number of rotatable bonds is 4. The van der Waals surface area contributed by atoms with E-state index >= 15 is 0 Å². The zero-order valence-corrected chi connectivity index (χ0v) is 14.1. The lowest BCUT2D eigenvalue weighted by atomic mass is 9.97. The van der Waals surface area contributed by atoms with Gasteiger partial charge in [-0.3, -0.25) is 9.69 Å². The van der Waals surface area contributed by atoms with E-state index in [-0.39, 0.29) is 5.91 Å². The molecule has 25 heavy (non-hydrogen) atoms. The van der Waals surface area contributed by atoms with Crippen molar-refractivity contribution >= 4 is 22.6 Å². The van der Waals surface area contributed by atoms with Gasteiger partial charge in [-0.2, -0.15) is 0 Å². The molecule has 1 aliphatic heterocycles. The number of aromatic amines is 1. The molecule has 1 unspecified atom stereocenters. The lowest BCUT2D eigenvalue weighted by Gasteiger charge is -2.31. The van der Waals surface area contributed by atoms with Gasteiger partial charge in [0.2, 0.25) is 5.91 Å². The summed E-state index contributed by atoms with van der Waals surface area (Å²) < 4.78 is 0. The van der Waals surface area contributed by atoms with Crippen LogP contribution in [0.1, 0.15) is 24.6 Å². The van der Waals surface area contributed by atoms with Gasteiger partial charge in [0, 0.05) is 18.2 Å². The van der Waals surface area contributed by atoms with Gasteiger partial charge in [0.25, 0.3) is 0 Å². The molecule has 0 saturated carbocycles. The largest absolute Gasteiger partial charge is 0.342 e. The summed E-state index contributed by atoms with van der Waals surface area (Å²) >= 11 is 0. The molecule has 128 valence electrons. The Bertz CT molecular complexity index is 825. The van der Waals surface area contributed by atoms with Gasteiger partial charge in [0.15, 0.2) is 0 Å². The van der Waals surface area contributed by atoms with E-state index < -0.39 is 0 Å².